The summed E-state index contributed by atoms with van der Waals surface area (Å²) in [7, 11) is 2.09. The second kappa shape index (κ2) is 4.79. The third-order valence-corrected chi connectivity index (χ3v) is 4.29. The second-order valence-electron chi connectivity index (χ2n) is 5.33. The molecule has 1 aliphatic carbocycles. The molecule has 92 valence electrons. The van der Waals surface area contributed by atoms with Crippen molar-refractivity contribution < 1.29 is 4.74 Å². The fourth-order valence-electron chi connectivity index (χ4n) is 3.35. The molecule has 0 radical (unpaired) electrons. The van der Waals surface area contributed by atoms with Crippen LogP contribution in [0.1, 0.15) is 48.4 Å². The highest BCUT2D eigenvalue weighted by atomic mass is 16.5. The SMILES string of the molecule is CNC(c1ccc2c(c1)COC2)C1CCCC1. The van der Waals surface area contributed by atoms with Crippen LogP contribution in [0.2, 0.25) is 0 Å². The molecule has 3 rings (SSSR count). The zero-order valence-corrected chi connectivity index (χ0v) is 10.5. The van der Waals surface area contributed by atoms with Crippen molar-refractivity contribution in [2.45, 2.75) is 44.9 Å². The van der Waals surface area contributed by atoms with Gasteiger partial charge in [0.25, 0.3) is 0 Å². The van der Waals surface area contributed by atoms with Crippen LogP contribution < -0.4 is 5.32 Å². The number of fused-ring (bicyclic) bond motifs is 1. The molecule has 1 heterocycles. The Bertz CT molecular complexity index is 396. The van der Waals surface area contributed by atoms with Crippen LogP contribution >= 0.6 is 0 Å². The van der Waals surface area contributed by atoms with Crippen LogP contribution in [0.15, 0.2) is 18.2 Å². The number of hydrogen-bond donors (Lipinski definition) is 1. The topological polar surface area (TPSA) is 21.3 Å². The van der Waals surface area contributed by atoms with E-state index in [0.717, 1.165) is 19.1 Å². The van der Waals surface area contributed by atoms with Gasteiger partial charge in [-0.05, 0) is 42.5 Å². The molecule has 2 nitrogen and oxygen atoms in total. The van der Waals surface area contributed by atoms with E-state index in [1.165, 1.54) is 42.4 Å². The predicted octanol–water partition coefficient (Wildman–Crippen LogP) is 3.17. The Morgan fingerprint density at radius 2 is 1.94 bits per heavy atom. The fraction of sp³-hybridized carbons (Fsp3) is 0.600. The highest BCUT2D eigenvalue weighted by Gasteiger charge is 2.25. The first-order valence-corrected chi connectivity index (χ1v) is 6.75. The quantitative estimate of drug-likeness (QED) is 0.862. The molecule has 1 fully saturated rings. The minimum Gasteiger partial charge on any atom is -0.372 e. The van der Waals surface area contributed by atoms with Gasteiger partial charge in [-0.2, -0.15) is 0 Å². The van der Waals surface area contributed by atoms with E-state index >= 15 is 0 Å². The molecule has 0 spiro atoms. The first kappa shape index (κ1) is 11.2. The highest BCUT2D eigenvalue weighted by Crippen LogP contribution is 2.36. The first-order chi connectivity index (χ1) is 8.38. The molecule has 1 aromatic rings. The van der Waals surface area contributed by atoms with Gasteiger partial charge < -0.3 is 10.1 Å². The molecule has 1 aliphatic heterocycles. The van der Waals surface area contributed by atoms with Gasteiger partial charge in [0.2, 0.25) is 0 Å². The minimum absolute atomic E-state index is 0.531. The second-order valence-corrected chi connectivity index (χ2v) is 5.33. The molecule has 1 N–H and O–H groups in total. The standard InChI is InChI=1S/C15H21NO/c1-16-15(11-4-2-3-5-11)12-6-7-13-9-17-10-14(13)8-12/h6-8,11,15-16H,2-5,9-10H2,1H3. The molecule has 1 unspecified atom stereocenters. The van der Waals surface area contributed by atoms with Gasteiger partial charge in [0.15, 0.2) is 0 Å². The maximum atomic E-state index is 5.49. The summed E-state index contributed by atoms with van der Waals surface area (Å²) in [5, 5.41) is 3.51. The van der Waals surface area contributed by atoms with Crippen molar-refractivity contribution in [2.24, 2.45) is 5.92 Å². The molecule has 2 heteroatoms. The fourth-order valence-corrected chi connectivity index (χ4v) is 3.35. The van der Waals surface area contributed by atoms with E-state index < -0.39 is 0 Å². The summed E-state index contributed by atoms with van der Waals surface area (Å²) in [5.41, 5.74) is 4.21. The van der Waals surface area contributed by atoms with Crippen molar-refractivity contribution in [3.05, 3.63) is 34.9 Å². The average molecular weight is 231 g/mol. The molecular formula is C15H21NO. The molecule has 0 bridgehead atoms. The van der Waals surface area contributed by atoms with Crippen LogP contribution in [0.3, 0.4) is 0 Å². The number of hydrogen-bond acceptors (Lipinski definition) is 2. The molecule has 1 aromatic carbocycles. The highest BCUT2D eigenvalue weighted by molar-refractivity contribution is 5.35. The van der Waals surface area contributed by atoms with Gasteiger partial charge in [0, 0.05) is 6.04 Å². The van der Waals surface area contributed by atoms with Crippen LogP contribution in [0.5, 0.6) is 0 Å². The number of benzene rings is 1. The van der Waals surface area contributed by atoms with Gasteiger partial charge in [0.05, 0.1) is 13.2 Å². The van der Waals surface area contributed by atoms with Gasteiger partial charge >= 0.3 is 0 Å². The molecule has 0 aromatic heterocycles. The van der Waals surface area contributed by atoms with E-state index in [1.807, 2.05) is 0 Å². The third kappa shape index (κ3) is 2.12. The smallest absolute Gasteiger partial charge is 0.0725 e. The van der Waals surface area contributed by atoms with E-state index in [2.05, 4.69) is 30.6 Å². The summed E-state index contributed by atoms with van der Waals surface area (Å²) >= 11 is 0. The molecule has 17 heavy (non-hydrogen) atoms. The van der Waals surface area contributed by atoms with E-state index in [9.17, 15) is 0 Å². The molecule has 0 saturated heterocycles. The lowest BCUT2D eigenvalue weighted by atomic mass is 9.90. The Morgan fingerprint density at radius 3 is 2.71 bits per heavy atom. The van der Waals surface area contributed by atoms with Gasteiger partial charge in [-0.3, -0.25) is 0 Å². The van der Waals surface area contributed by atoms with Crippen LogP contribution in [-0.2, 0) is 18.0 Å². The van der Waals surface area contributed by atoms with Crippen molar-refractivity contribution in [3.63, 3.8) is 0 Å². The van der Waals surface area contributed by atoms with Crippen LogP contribution in [0.25, 0.3) is 0 Å². The van der Waals surface area contributed by atoms with Gasteiger partial charge in [-0.15, -0.1) is 0 Å². The normalized spacial score (nSPS) is 21.7. The maximum Gasteiger partial charge on any atom is 0.0725 e. The van der Waals surface area contributed by atoms with Gasteiger partial charge in [-0.25, -0.2) is 0 Å². The van der Waals surface area contributed by atoms with E-state index in [-0.39, 0.29) is 0 Å². The van der Waals surface area contributed by atoms with Crippen molar-refractivity contribution >= 4 is 0 Å². The molecule has 0 amide bonds. The molecular weight excluding hydrogens is 210 g/mol. The van der Waals surface area contributed by atoms with E-state index in [0.29, 0.717) is 6.04 Å². The number of nitrogens with one attached hydrogen (secondary N) is 1. The summed E-state index contributed by atoms with van der Waals surface area (Å²) < 4.78 is 5.49. The summed E-state index contributed by atoms with van der Waals surface area (Å²) in [6, 6.07) is 7.41. The van der Waals surface area contributed by atoms with Crippen LogP contribution in [0, 0.1) is 5.92 Å². The lowest BCUT2D eigenvalue weighted by Gasteiger charge is -2.24. The Hall–Kier alpha value is -0.860. The Balaban J connectivity index is 1.85. The summed E-state index contributed by atoms with van der Waals surface area (Å²) in [5.74, 6) is 0.820. The summed E-state index contributed by atoms with van der Waals surface area (Å²) in [4.78, 5) is 0. The van der Waals surface area contributed by atoms with Gasteiger partial charge in [0.1, 0.15) is 0 Å². The van der Waals surface area contributed by atoms with Crippen molar-refractivity contribution in [2.75, 3.05) is 7.05 Å². The third-order valence-electron chi connectivity index (χ3n) is 4.29. The van der Waals surface area contributed by atoms with E-state index in [1.54, 1.807) is 0 Å². The number of ether oxygens (including phenoxy) is 1. The summed E-state index contributed by atoms with van der Waals surface area (Å²) in [6.45, 7) is 1.59. The minimum atomic E-state index is 0.531. The van der Waals surface area contributed by atoms with Crippen LogP contribution in [-0.4, -0.2) is 7.05 Å². The van der Waals surface area contributed by atoms with Crippen molar-refractivity contribution in [3.8, 4) is 0 Å². The monoisotopic (exact) mass is 231 g/mol. The van der Waals surface area contributed by atoms with Crippen molar-refractivity contribution in [1.29, 1.82) is 0 Å². The van der Waals surface area contributed by atoms with E-state index in [4.69, 9.17) is 4.74 Å². The first-order valence-electron chi connectivity index (χ1n) is 6.75. The lowest BCUT2D eigenvalue weighted by molar-refractivity contribution is 0.134. The van der Waals surface area contributed by atoms with Crippen molar-refractivity contribution in [1.82, 2.24) is 5.32 Å². The lowest BCUT2D eigenvalue weighted by Crippen LogP contribution is -2.23. The van der Waals surface area contributed by atoms with Gasteiger partial charge in [-0.1, -0.05) is 31.0 Å². The average Bonchev–Trinajstić information content (AvgIpc) is 2.99. The molecule has 1 atom stereocenters. The summed E-state index contributed by atoms with van der Waals surface area (Å²) in [6.07, 6.45) is 5.55. The predicted molar refractivity (Wildman–Crippen MR) is 68.7 cm³/mol. The molecule has 1 saturated carbocycles. The molecule has 2 aliphatic rings. The van der Waals surface area contributed by atoms with Crippen LogP contribution in [0.4, 0.5) is 0 Å². The Labute approximate surface area is 103 Å². The Morgan fingerprint density at radius 1 is 1.18 bits per heavy atom. The largest absolute Gasteiger partial charge is 0.372 e. The maximum absolute atomic E-state index is 5.49. The zero-order valence-electron chi connectivity index (χ0n) is 10.5. The zero-order chi connectivity index (χ0) is 11.7. The number of rotatable bonds is 3. The Kier molecular flexibility index (Phi) is 3.17.